The molecule has 0 atom stereocenters. The van der Waals surface area contributed by atoms with E-state index in [2.05, 4.69) is 0 Å². The van der Waals surface area contributed by atoms with Crippen molar-refractivity contribution < 1.29 is 14.3 Å². The van der Waals surface area contributed by atoms with Gasteiger partial charge in [0.15, 0.2) is 0 Å². The lowest BCUT2D eigenvalue weighted by Gasteiger charge is -1.98. The highest BCUT2D eigenvalue weighted by Crippen LogP contribution is 2.30. The molecule has 0 saturated heterocycles. The number of hydrogen-bond acceptors (Lipinski definition) is 2. The third kappa shape index (κ3) is 2.10. The monoisotopic (exact) mass is 253 g/mol. The third-order valence-electron chi connectivity index (χ3n) is 3.01. The van der Waals surface area contributed by atoms with Crippen LogP contribution in [0, 0.1) is 0 Å². The Balaban J connectivity index is 2.18. The number of aromatic hydroxyl groups is 1. The number of ether oxygens (including phenoxy) is 1. The lowest BCUT2D eigenvalue weighted by atomic mass is 10.1. The van der Waals surface area contributed by atoms with E-state index in [1.807, 2.05) is 42.5 Å². The largest absolute Gasteiger partial charge is 0.508 e. The maximum absolute atomic E-state index is 9.31. The van der Waals surface area contributed by atoms with Gasteiger partial charge in [-0.2, -0.15) is 0 Å². The van der Waals surface area contributed by atoms with Crippen LogP contribution in [0.25, 0.3) is 22.3 Å². The Kier molecular flexibility index (Phi) is 2.80. The van der Waals surface area contributed by atoms with E-state index in [0.717, 1.165) is 22.3 Å². The Morgan fingerprint density at radius 1 is 0.947 bits per heavy atom. The van der Waals surface area contributed by atoms with E-state index in [9.17, 15) is 5.11 Å². The molecule has 1 heterocycles. The summed E-state index contributed by atoms with van der Waals surface area (Å²) < 4.78 is 11.2. The third-order valence-corrected chi connectivity index (χ3v) is 3.01. The number of phenolic OH excluding ortho intramolecular Hbond substituents is 1. The van der Waals surface area contributed by atoms with Crippen LogP contribution in [-0.4, -0.2) is 12.2 Å². The van der Waals surface area contributed by atoms with Gasteiger partial charge in [-0.15, -0.1) is 0 Å². The number of fused-ring (bicyclic) bond motifs is 1. The second-order valence-electron chi connectivity index (χ2n) is 4.23. The average Bonchev–Trinajstić information content (AvgIpc) is 2.47. The molecule has 0 amide bonds. The Bertz CT molecular complexity index is 718. The van der Waals surface area contributed by atoms with Crippen LogP contribution in [0.1, 0.15) is 0 Å². The van der Waals surface area contributed by atoms with Crippen LogP contribution in [0.2, 0.25) is 0 Å². The molecular weight excluding hydrogens is 240 g/mol. The highest BCUT2D eigenvalue weighted by Gasteiger charge is 2.18. The van der Waals surface area contributed by atoms with Crippen LogP contribution >= 0.6 is 0 Å². The van der Waals surface area contributed by atoms with E-state index in [4.69, 9.17) is 9.15 Å². The van der Waals surface area contributed by atoms with Gasteiger partial charge < -0.3 is 9.84 Å². The van der Waals surface area contributed by atoms with Gasteiger partial charge >= 0.3 is 11.3 Å². The number of phenols is 1. The lowest BCUT2D eigenvalue weighted by molar-refractivity contribution is 0.410. The first-order chi connectivity index (χ1) is 9.28. The molecule has 0 aliphatic heterocycles. The Hall–Kier alpha value is -2.55. The summed E-state index contributed by atoms with van der Waals surface area (Å²) in [5.74, 6) is 1.68. The molecule has 0 saturated carbocycles. The number of para-hydroxylation sites is 1. The molecule has 0 bridgehead atoms. The fourth-order valence-electron chi connectivity index (χ4n) is 2.02. The van der Waals surface area contributed by atoms with E-state index in [1.54, 1.807) is 19.2 Å². The van der Waals surface area contributed by atoms with Gasteiger partial charge in [0.2, 0.25) is 5.75 Å². The van der Waals surface area contributed by atoms with Crippen LogP contribution in [0.5, 0.6) is 11.5 Å². The molecule has 0 aliphatic carbocycles. The predicted molar refractivity (Wildman–Crippen MR) is 74.3 cm³/mol. The predicted octanol–water partition coefficient (Wildman–Crippen LogP) is 4.10. The minimum atomic E-state index is 0.238. The van der Waals surface area contributed by atoms with E-state index < -0.39 is 0 Å². The summed E-state index contributed by atoms with van der Waals surface area (Å²) in [6, 6.07) is 16.6. The van der Waals surface area contributed by atoms with Crippen LogP contribution < -0.4 is 4.74 Å². The summed E-state index contributed by atoms with van der Waals surface area (Å²) in [6.45, 7) is 0. The minimum absolute atomic E-state index is 0.238. The van der Waals surface area contributed by atoms with Gasteiger partial charge in [0.05, 0.1) is 18.1 Å². The maximum atomic E-state index is 9.31. The van der Waals surface area contributed by atoms with Crippen molar-refractivity contribution in [3.05, 3.63) is 54.6 Å². The molecule has 94 valence electrons. The minimum Gasteiger partial charge on any atom is -0.508 e. The second-order valence-corrected chi connectivity index (χ2v) is 4.23. The van der Waals surface area contributed by atoms with Crippen molar-refractivity contribution in [1.29, 1.82) is 0 Å². The standard InChI is InChI=1S/C16H12O3/c1-18-15-4-2-3-12-7-10-14(19-16(12)15)11-5-8-13(17)9-6-11/h2-10H,1H3/p+1. The van der Waals surface area contributed by atoms with Gasteiger partial charge in [0.25, 0.3) is 0 Å². The van der Waals surface area contributed by atoms with Crippen LogP contribution in [0.15, 0.2) is 59.0 Å². The van der Waals surface area contributed by atoms with Crippen molar-refractivity contribution in [3.8, 4) is 22.8 Å². The van der Waals surface area contributed by atoms with Gasteiger partial charge in [-0.05, 0) is 42.5 Å². The van der Waals surface area contributed by atoms with E-state index in [-0.39, 0.29) is 5.75 Å². The van der Waals surface area contributed by atoms with Crippen molar-refractivity contribution >= 4 is 11.0 Å². The topological polar surface area (TPSA) is 40.8 Å². The van der Waals surface area contributed by atoms with Crippen molar-refractivity contribution in [2.45, 2.75) is 0 Å². The van der Waals surface area contributed by atoms with Crippen molar-refractivity contribution in [3.63, 3.8) is 0 Å². The van der Waals surface area contributed by atoms with Gasteiger partial charge in [-0.3, -0.25) is 0 Å². The summed E-state index contributed by atoms with van der Waals surface area (Å²) in [5.41, 5.74) is 1.63. The van der Waals surface area contributed by atoms with Gasteiger partial charge in [0, 0.05) is 6.07 Å². The Morgan fingerprint density at radius 3 is 2.47 bits per heavy atom. The number of methoxy groups -OCH3 is 1. The zero-order valence-corrected chi connectivity index (χ0v) is 10.5. The Morgan fingerprint density at radius 2 is 1.74 bits per heavy atom. The first-order valence-corrected chi connectivity index (χ1v) is 5.97. The average molecular weight is 253 g/mol. The van der Waals surface area contributed by atoms with Crippen LogP contribution in [-0.2, 0) is 0 Å². The lowest BCUT2D eigenvalue weighted by Crippen LogP contribution is -1.85. The highest BCUT2D eigenvalue weighted by molar-refractivity contribution is 5.84. The highest BCUT2D eigenvalue weighted by atomic mass is 16.5. The molecule has 1 N–H and O–H groups in total. The molecule has 19 heavy (non-hydrogen) atoms. The van der Waals surface area contributed by atoms with Crippen LogP contribution in [0.3, 0.4) is 0 Å². The van der Waals surface area contributed by atoms with Crippen molar-refractivity contribution in [2.75, 3.05) is 7.11 Å². The molecule has 2 aromatic carbocycles. The zero-order chi connectivity index (χ0) is 13.2. The smallest absolute Gasteiger partial charge is 0.402 e. The summed E-state index contributed by atoms with van der Waals surface area (Å²) in [5, 5.41) is 10.3. The first-order valence-electron chi connectivity index (χ1n) is 5.97. The molecule has 0 spiro atoms. The number of rotatable bonds is 2. The molecule has 3 heteroatoms. The van der Waals surface area contributed by atoms with Crippen LogP contribution in [0.4, 0.5) is 0 Å². The maximum Gasteiger partial charge on any atom is 0.402 e. The first kappa shape index (κ1) is 11.5. The number of hydrogen-bond donors (Lipinski definition) is 1. The van der Waals surface area contributed by atoms with Gasteiger partial charge in [0.1, 0.15) is 5.75 Å². The second kappa shape index (κ2) is 4.61. The fraction of sp³-hybridized carbons (Fsp3) is 0.0625. The summed E-state index contributed by atoms with van der Waals surface area (Å²) in [7, 11) is 1.62. The molecule has 0 radical (unpaired) electrons. The SMILES string of the molecule is COc1cccc2ccc(-c3ccc(O)cc3)[o+]c12. The van der Waals surface area contributed by atoms with Gasteiger partial charge in [-0.1, -0.05) is 6.07 Å². The summed E-state index contributed by atoms with van der Waals surface area (Å²) >= 11 is 0. The Labute approximate surface area is 110 Å². The molecule has 3 aromatic rings. The summed E-state index contributed by atoms with van der Waals surface area (Å²) in [4.78, 5) is 0. The van der Waals surface area contributed by atoms with Crippen molar-refractivity contribution in [2.24, 2.45) is 0 Å². The quantitative estimate of drug-likeness (QED) is 0.699. The van der Waals surface area contributed by atoms with E-state index in [1.165, 1.54) is 0 Å². The van der Waals surface area contributed by atoms with Gasteiger partial charge in [-0.25, -0.2) is 4.42 Å². The molecular formula is C16H13O3+. The van der Waals surface area contributed by atoms with E-state index >= 15 is 0 Å². The van der Waals surface area contributed by atoms with E-state index in [0.29, 0.717) is 5.75 Å². The molecule has 0 aliphatic rings. The molecule has 1 aromatic heterocycles. The molecule has 0 unspecified atom stereocenters. The fourth-order valence-corrected chi connectivity index (χ4v) is 2.02. The molecule has 3 rings (SSSR count). The zero-order valence-electron chi connectivity index (χ0n) is 10.5. The normalized spacial score (nSPS) is 10.6. The molecule has 0 fully saturated rings. The van der Waals surface area contributed by atoms with Crippen molar-refractivity contribution in [1.82, 2.24) is 0 Å². The summed E-state index contributed by atoms with van der Waals surface area (Å²) in [6.07, 6.45) is 0. The molecule has 3 nitrogen and oxygen atoms in total. The number of benzene rings is 2.